The lowest BCUT2D eigenvalue weighted by Crippen LogP contribution is -2.03. The fourth-order valence-corrected chi connectivity index (χ4v) is 1.79. The van der Waals surface area contributed by atoms with E-state index in [1.807, 2.05) is 0 Å². The minimum Gasteiger partial charge on any atom is -0.434 e. The number of halogens is 5. The predicted molar refractivity (Wildman–Crippen MR) is 63.4 cm³/mol. The van der Waals surface area contributed by atoms with Crippen molar-refractivity contribution in [3.63, 3.8) is 0 Å². The average Bonchev–Trinajstić information content (AvgIpc) is 2.33. The lowest BCUT2D eigenvalue weighted by molar-refractivity contribution is -0.0494. The summed E-state index contributed by atoms with van der Waals surface area (Å²) in [6.45, 7) is -3.09. The van der Waals surface area contributed by atoms with Crippen LogP contribution in [0.5, 0.6) is 5.75 Å². The van der Waals surface area contributed by atoms with Crippen molar-refractivity contribution in [2.75, 3.05) is 0 Å². The van der Waals surface area contributed by atoms with Gasteiger partial charge in [0, 0.05) is 16.1 Å². The van der Waals surface area contributed by atoms with Gasteiger partial charge in [0.15, 0.2) is 11.6 Å². The lowest BCUT2D eigenvalue weighted by atomic mass is 10.0. The zero-order valence-corrected chi connectivity index (χ0v) is 10.1. The van der Waals surface area contributed by atoms with Crippen molar-refractivity contribution in [2.45, 2.75) is 6.61 Å². The molecule has 0 aliphatic heterocycles. The first-order valence-corrected chi connectivity index (χ1v) is 5.55. The van der Waals surface area contributed by atoms with Gasteiger partial charge in [0.05, 0.1) is 0 Å². The molecule has 19 heavy (non-hydrogen) atoms. The van der Waals surface area contributed by atoms with E-state index < -0.39 is 18.2 Å². The molecule has 2 aromatic carbocycles. The van der Waals surface area contributed by atoms with Gasteiger partial charge in [-0.2, -0.15) is 8.78 Å². The predicted octanol–water partition coefficient (Wildman–Crippen LogP) is 4.89. The topological polar surface area (TPSA) is 9.23 Å². The van der Waals surface area contributed by atoms with Crippen molar-refractivity contribution in [2.24, 2.45) is 0 Å². The Morgan fingerprint density at radius 3 is 2.42 bits per heavy atom. The van der Waals surface area contributed by atoms with Gasteiger partial charge in [-0.3, -0.25) is 0 Å². The maximum Gasteiger partial charge on any atom is 0.387 e. The summed E-state index contributed by atoms with van der Waals surface area (Å²) >= 11 is 5.67. The highest BCUT2D eigenvalue weighted by molar-refractivity contribution is 6.30. The van der Waals surface area contributed by atoms with Crippen LogP contribution in [0.3, 0.4) is 0 Å². The molecule has 0 heterocycles. The Morgan fingerprint density at radius 1 is 1.00 bits per heavy atom. The molecule has 0 aromatic heterocycles. The Bertz CT molecular complexity index is 601. The Hall–Kier alpha value is -1.75. The molecule has 2 rings (SSSR count). The second-order valence-corrected chi connectivity index (χ2v) is 4.06. The highest BCUT2D eigenvalue weighted by Crippen LogP contribution is 2.35. The molecule has 1 nitrogen and oxygen atoms in total. The van der Waals surface area contributed by atoms with Crippen molar-refractivity contribution >= 4 is 11.6 Å². The monoisotopic (exact) mass is 290 g/mol. The fourth-order valence-electron chi connectivity index (χ4n) is 1.62. The first-order valence-electron chi connectivity index (χ1n) is 5.18. The van der Waals surface area contributed by atoms with Crippen LogP contribution in [-0.2, 0) is 0 Å². The van der Waals surface area contributed by atoms with E-state index in [0.29, 0.717) is 0 Å². The highest BCUT2D eigenvalue weighted by Gasteiger charge is 2.16. The van der Waals surface area contributed by atoms with E-state index in [9.17, 15) is 17.6 Å². The van der Waals surface area contributed by atoms with Gasteiger partial charge in [-0.1, -0.05) is 23.7 Å². The minimum absolute atomic E-state index is 0.00157. The molecule has 0 unspecified atom stereocenters. The summed E-state index contributed by atoms with van der Waals surface area (Å²) in [7, 11) is 0. The van der Waals surface area contributed by atoms with Gasteiger partial charge in [0.1, 0.15) is 5.75 Å². The van der Waals surface area contributed by atoms with Crippen LogP contribution in [0, 0.1) is 11.6 Å². The second-order valence-electron chi connectivity index (χ2n) is 3.62. The van der Waals surface area contributed by atoms with Crippen molar-refractivity contribution in [1.82, 2.24) is 0 Å². The molecular weight excluding hydrogens is 284 g/mol. The molecule has 0 atom stereocenters. The van der Waals surface area contributed by atoms with Crippen LogP contribution in [0.15, 0.2) is 36.4 Å². The Morgan fingerprint density at radius 2 is 1.74 bits per heavy atom. The van der Waals surface area contributed by atoms with Crippen LogP contribution in [0.1, 0.15) is 0 Å². The first kappa shape index (κ1) is 13.7. The van der Waals surface area contributed by atoms with E-state index in [-0.39, 0.29) is 21.9 Å². The molecule has 0 saturated carbocycles. The Labute approximate surface area is 111 Å². The number of hydrogen-bond donors (Lipinski definition) is 0. The van der Waals surface area contributed by atoms with Crippen molar-refractivity contribution < 1.29 is 22.3 Å². The fraction of sp³-hybridized carbons (Fsp3) is 0.0769. The van der Waals surface area contributed by atoms with E-state index in [0.717, 1.165) is 12.1 Å². The summed E-state index contributed by atoms with van der Waals surface area (Å²) in [5.74, 6) is -2.52. The summed E-state index contributed by atoms with van der Waals surface area (Å²) in [5, 5.41) is 0.149. The zero-order chi connectivity index (χ0) is 14.0. The van der Waals surface area contributed by atoms with Gasteiger partial charge < -0.3 is 4.74 Å². The standard InChI is InChI=1S/C13H7ClF4O/c14-7-4-5-8(11(6-7)19-13(17)18)9-2-1-3-10(15)12(9)16/h1-6,13H. The molecular formula is C13H7ClF4O. The number of benzene rings is 2. The van der Waals surface area contributed by atoms with Gasteiger partial charge in [0.25, 0.3) is 0 Å². The van der Waals surface area contributed by atoms with Crippen molar-refractivity contribution in [3.8, 4) is 16.9 Å². The van der Waals surface area contributed by atoms with E-state index in [4.69, 9.17) is 11.6 Å². The molecule has 6 heteroatoms. The molecule has 0 N–H and O–H groups in total. The molecule has 0 amide bonds. The maximum atomic E-state index is 13.7. The molecule has 0 fully saturated rings. The molecule has 0 aliphatic rings. The molecule has 0 saturated heterocycles. The summed E-state index contributed by atoms with van der Waals surface area (Å²) in [5.41, 5.74) is -0.172. The van der Waals surface area contributed by atoms with Crippen LogP contribution in [0.2, 0.25) is 5.02 Å². The molecule has 2 aromatic rings. The van der Waals surface area contributed by atoms with Crippen LogP contribution in [-0.4, -0.2) is 6.61 Å². The number of ether oxygens (including phenoxy) is 1. The Balaban J connectivity index is 2.58. The quantitative estimate of drug-likeness (QED) is 0.732. The molecule has 0 aliphatic carbocycles. The minimum atomic E-state index is -3.09. The summed E-state index contributed by atoms with van der Waals surface area (Å²) < 4.78 is 55.7. The smallest absolute Gasteiger partial charge is 0.387 e. The Kier molecular flexibility index (Phi) is 3.95. The van der Waals surface area contributed by atoms with Crippen LogP contribution < -0.4 is 4.74 Å². The summed E-state index contributed by atoms with van der Waals surface area (Å²) in [6.07, 6.45) is 0. The molecule has 0 radical (unpaired) electrons. The normalized spacial score (nSPS) is 10.8. The van der Waals surface area contributed by atoms with Crippen LogP contribution in [0.25, 0.3) is 11.1 Å². The van der Waals surface area contributed by atoms with E-state index >= 15 is 0 Å². The lowest BCUT2D eigenvalue weighted by Gasteiger charge is -2.12. The van der Waals surface area contributed by atoms with Gasteiger partial charge in [-0.25, -0.2) is 8.78 Å². The van der Waals surface area contributed by atoms with E-state index in [1.165, 1.54) is 24.3 Å². The largest absolute Gasteiger partial charge is 0.434 e. The van der Waals surface area contributed by atoms with Gasteiger partial charge in [0.2, 0.25) is 0 Å². The highest BCUT2D eigenvalue weighted by atomic mass is 35.5. The van der Waals surface area contributed by atoms with Gasteiger partial charge in [-0.15, -0.1) is 0 Å². The van der Waals surface area contributed by atoms with Crippen LogP contribution in [0.4, 0.5) is 17.6 Å². The third-order valence-corrected chi connectivity index (χ3v) is 2.64. The number of rotatable bonds is 3. The van der Waals surface area contributed by atoms with Gasteiger partial charge in [-0.05, 0) is 24.3 Å². The SMILES string of the molecule is Fc1cccc(-c2ccc(Cl)cc2OC(F)F)c1F. The van der Waals surface area contributed by atoms with E-state index in [2.05, 4.69) is 4.74 Å². The van der Waals surface area contributed by atoms with Crippen molar-refractivity contribution in [1.29, 1.82) is 0 Å². The van der Waals surface area contributed by atoms with Crippen LogP contribution >= 0.6 is 11.6 Å². The second kappa shape index (κ2) is 5.48. The van der Waals surface area contributed by atoms with Crippen molar-refractivity contribution in [3.05, 3.63) is 53.1 Å². The molecule has 0 bridgehead atoms. The average molecular weight is 291 g/mol. The summed E-state index contributed by atoms with van der Waals surface area (Å²) in [4.78, 5) is 0. The molecule has 0 spiro atoms. The van der Waals surface area contributed by atoms with E-state index in [1.54, 1.807) is 0 Å². The zero-order valence-electron chi connectivity index (χ0n) is 9.34. The summed E-state index contributed by atoms with van der Waals surface area (Å²) in [6, 6.07) is 7.25. The maximum absolute atomic E-state index is 13.7. The molecule has 100 valence electrons. The number of hydrogen-bond acceptors (Lipinski definition) is 1. The number of alkyl halides is 2. The third-order valence-electron chi connectivity index (χ3n) is 2.40. The first-order chi connectivity index (χ1) is 8.99. The van der Waals surface area contributed by atoms with Gasteiger partial charge >= 0.3 is 6.61 Å². The third kappa shape index (κ3) is 2.98.